The maximum atomic E-state index is 12.0. The van der Waals surface area contributed by atoms with E-state index >= 15 is 0 Å². The minimum absolute atomic E-state index is 0.216. The van der Waals surface area contributed by atoms with E-state index in [9.17, 15) is 20.0 Å². The number of hydrogen-bond acceptors (Lipinski definition) is 5. The summed E-state index contributed by atoms with van der Waals surface area (Å²) in [5.41, 5.74) is -0.594. The zero-order valence-electron chi connectivity index (χ0n) is 9.90. The fraction of sp³-hybridized carbons (Fsp3) is 0.0909. The van der Waals surface area contributed by atoms with Crippen LogP contribution in [0.4, 0.5) is 11.5 Å². The molecule has 0 bridgehead atoms. The fourth-order valence-electron chi connectivity index (χ4n) is 1.55. The Bertz CT molecular complexity index is 650. The molecule has 0 aliphatic carbocycles. The minimum atomic E-state index is -0.689. The molecular weight excluding hydrogens is 252 g/mol. The number of nitro benzene ring substituents is 1. The predicted octanol–water partition coefficient (Wildman–Crippen LogP) is 1.29. The molecule has 8 nitrogen and oxygen atoms in total. The molecule has 2 rings (SSSR count). The number of phenolic OH excluding ortho intramolecular Hbond substituents is 1. The lowest BCUT2D eigenvalue weighted by Crippen LogP contribution is -2.16. The molecule has 1 heterocycles. The van der Waals surface area contributed by atoms with E-state index in [1.807, 2.05) is 0 Å². The van der Waals surface area contributed by atoms with Crippen LogP contribution in [0.2, 0.25) is 0 Å². The number of amides is 1. The van der Waals surface area contributed by atoms with Gasteiger partial charge in [0.15, 0.2) is 0 Å². The Kier molecular flexibility index (Phi) is 3.15. The number of hydrogen-bond donors (Lipinski definition) is 2. The average molecular weight is 262 g/mol. The van der Waals surface area contributed by atoms with Crippen LogP contribution in [0.1, 0.15) is 10.4 Å². The lowest BCUT2D eigenvalue weighted by Gasteiger charge is -2.06. The number of carbonyl (C=O) groups is 1. The van der Waals surface area contributed by atoms with Crippen LogP contribution in [-0.4, -0.2) is 25.7 Å². The largest absolute Gasteiger partial charge is 0.508 e. The van der Waals surface area contributed by atoms with Crippen molar-refractivity contribution in [2.45, 2.75) is 0 Å². The van der Waals surface area contributed by atoms with Gasteiger partial charge in [-0.05, 0) is 12.1 Å². The van der Waals surface area contributed by atoms with Gasteiger partial charge in [0.25, 0.3) is 11.6 Å². The molecule has 0 atom stereocenters. The Morgan fingerprint density at radius 2 is 2.21 bits per heavy atom. The van der Waals surface area contributed by atoms with Crippen LogP contribution in [0.25, 0.3) is 0 Å². The second-order valence-corrected chi connectivity index (χ2v) is 3.75. The number of carbonyl (C=O) groups excluding carboxylic acids is 1. The number of anilines is 1. The fourth-order valence-corrected chi connectivity index (χ4v) is 1.55. The molecule has 1 aromatic heterocycles. The summed E-state index contributed by atoms with van der Waals surface area (Å²) in [5, 5.41) is 26.5. The van der Waals surface area contributed by atoms with Crippen molar-refractivity contribution in [3.8, 4) is 5.75 Å². The number of aryl methyl sites for hydroxylation is 1. The second-order valence-electron chi connectivity index (χ2n) is 3.75. The van der Waals surface area contributed by atoms with E-state index in [2.05, 4.69) is 10.4 Å². The molecule has 1 aromatic carbocycles. The molecule has 8 heteroatoms. The molecule has 0 saturated heterocycles. The third-order valence-corrected chi connectivity index (χ3v) is 2.48. The standard InChI is InChI=1S/C11H10N4O4/c1-14-10(4-5-12-14)13-11(17)8-6-7(16)2-3-9(8)15(18)19/h2-6,16H,1H3,(H,13,17). The average Bonchev–Trinajstić information content (AvgIpc) is 2.74. The van der Waals surface area contributed by atoms with E-state index in [4.69, 9.17) is 0 Å². The summed E-state index contributed by atoms with van der Waals surface area (Å²) in [6.45, 7) is 0. The molecule has 0 spiro atoms. The van der Waals surface area contributed by atoms with Gasteiger partial charge in [-0.15, -0.1) is 0 Å². The van der Waals surface area contributed by atoms with Gasteiger partial charge in [0.1, 0.15) is 17.1 Å². The van der Waals surface area contributed by atoms with Crippen LogP contribution in [0.5, 0.6) is 5.75 Å². The number of phenols is 1. The lowest BCUT2D eigenvalue weighted by molar-refractivity contribution is -0.385. The Morgan fingerprint density at radius 3 is 2.79 bits per heavy atom. The van der Waals surface area contributed by atoms with Gasteiger partial charge in [0.05, 0.1) is 11.1 Å². The van der Waals surface area contributed by atoms with Crippen LogP contribution >= 0.6 is 0 Å². The van der Waals surface area contributed by atoms with E-state index in [1.54, 1.807) is 13.1 Å². The molecular formula is C11H10N4O4. The highest BCUT2D eigenvalue weighted by Crippen LogP contribution is 2.24. The highest BCUT2D eigenvalue weighted by atomic mass is 16.6. The van der Waals surface area contributed by atoms with Crippen molar-refractivity contribution in [2.24, 2.45) is 7.05 Å². The number of nitrogens with one attached hydrogen (secondary N) is 1. The Labute approximate surface area is 107 Å². The van der Waals surface area contributed by atoms with Gasteiger partial charge in [0.2, 0.25) is 0 Å². The predicted molar refractivity (Wildman–Crippen MR) is 65.9 cm³/mol. The zero-order chi connectivity index (χ0) is 14.0. The molecule has 0 fully saturated rings. The molecule has 0 saturated carbocycles. The number of benzene rings is 1. The monoisotopic (exact) mass is 262 g/mol. The topological polar surface area (TPSA) is 110 Å². The molecule has 0 unspecified atom stereocenters. The van der Waals surface area contributed by atoms with Crippen molar-refractivity contribution < 1.29 is 14.8 Å². The highest BCUT2D eigenvalue weighted by Gasteiger charge is 2.21. The van der Waals surface area contributed by atoms with Crippen LogP contribution < -0.4 is 5.32 Å². The summed E-state index contributed by atoms with van der Waals surface area (Å²) in [6.07, 6.45) is 1.48. The molecule has 19 heavy (non-hydrogen) atoms. The highest BCUT2D eigenvalue weighted by molar-refractivity contribution is 6.06. The van der Waals surface area contributed by atoms with Crippen LogP contribution in [0.3, 0.4) is 0 Å². The van der Waals surface area contributed by atoms with Crippen LogP contribution in [0.15, 0.2) is 30.5 Å². The lowest BCUT2D eigenvalue weighted by atomic mass is 10.1. The Hall–Kier alpha value is -2.90. The third kappa shape index (κ3) is 2.51. The summed E-state index contributed by atoms with van der Waals surface area (Å²) in [7, 11) is 1.62. The zero-order valence-corrected chi connectivity index (χ0v) is 9.90. The normalized spacial score (nSPS) is 10.2. The van der Waals surface area contributed by atoms with Gasteiger partial charge < -0.3 is 10.4 Å². The van der Waals surface area contributed by atoms with E-state index in [0.717, 1.165) is 18.2 Å². The van der Waals surface area contributed by atoms with Crippen LogP contribution in [-0.2, 0) is 7.05 Å². The van der Waals surface area contributed by atoms with Gasteiger partial charge >= 0.3 is 0 Å². The summed E-state index contributed by atoms with van der Waals surface area (Å²) in [6, 6.07) is 4.82. The van der Waals surface area contributed by atoms with Crippen molar-refractivity contribution in [3.63, 3.8) is 0 Å². The molecule has 2 N–H and O–H groups in total. The van der Waals surface area contributed by atoms with E-state index in [1.165, 1.54) is 10.9 Å². The maximum Gasteiger partial charge on any atom is 0.282 e. The SMILES string of the molecule is Cn1nccc1NC(=O)c1cc(O)ccc1[N+](=O)[O-]. The number of aromatic nitrogens is 2. The summed E-state index contributed by atoms with van der Waals surface area (Å²) in [5.74, 6) is -0.519. The molecule has 0 radical (unpaired) electrons. The number of nitro groups is 1. The third-order valence-electron chi connectivity index (χ3n) is 2.48. The van der Waals surface area contributed by atoms with Crippen molar-refractivity contribution in [3.05, 3.63) is 46.1 Å². The molecule has 0 aliphatic heterocycles. The van der Waals surface area contributed by atoms with Crippen molar-refractivity contribution >= 4 is 17.4 Å². The first-order valence-corrected chi connectivity index (χ1v) is 5.26. The second kappa shape index (κ2) is 4.77. The smallest absolute Gasteiger partial charge is 0.282 e. The van der Waals surface area contributed by atoms with Crippen LogP contribution in [0, 0.1) is 10.1 Å². The van der Waals surface area contributed by atoms with E-state index < -0.39 is 10.8 Å². The summed E-state index contributed by atoms with van der Waals surface area (Å²) >= 11 is 0. The van der Waals surface area contributed by atoms with Gasteiger partial charge in [-0.1, -0.05) is 0 Å². The first-order chi connectivity index (χ1) is 8.99. The summed E-state index contributed by atoms with van der Waals surface area (Å²) in [4.78, 5) is 22.1. The van der Waals surface area contributed by atoms with Crippen molar-refractivity contribution in [2.75, 3.05) is 5.32 Å². The quantitative estimate of drug-likeness (QED) is 0.639. The first kappa shape index (κ1) is 12.6. The Morgan fingerprint density at radius 1 is 1.47 bits per heavy atom. The molecule has 1 amide bonds. The maximum absolute atomic E-state index is 12.0. The van der Waals surface area contributed by atoms with Gasteiger partial charge in [-0.2, -0.15) is 5.10 Å². The number of aromatic hydroxyl groups is 1. The summed E-state index contributed by atoms with van der Waals surface area (Å²) < 4.78 is 1.41. The van der Waals surface area contributed by atoms with E-state index in [-0.39, 0.29) is 17.0 Å². The van der Waals surface area contributed by atoms with Gasteiger partial charge in [0, 0.05) is 19.2 Å². The Balaban J connectivity index is 2.36. The number of nitrogens with zero attached hydrogens (tertiary/aromatic N) is 3. The number of rotatable bonds is 3. The van der Waals surface area contributed by atoms with Crippen molar-refractivity contribution in [1.29, 1.82) is 0 Å². The van der Waals surface area contributed by atoms with Gasteiger partial charge in [-0.25, -0.2) is 0 Å². The van der Waals surface area contributed by atoms with Gasteiger partial charge in [-0.3, -0.25) is 19.6 Å². The minimum Gasteiger partial charge on any atom is -0.508 e. The first-order valence-electron chi connectivity index (χ1n) is 5.26. The van der Waals surface area contributed by atoms with E-state index in [0.29, 0.717) is 5.82 Å². The molecule has 2 aromatic rings. The molecule has 0 aliphatic rings. The van der Waals surface area contributed by atoms with Crippen molar-refractivity contribution in [1.82, 2.24) is 9.78 Å². The molecule has 98 valence electrons.